The minimum Gasteiger partial charge on any atom is -0.496 e. The van der Waals surface area contributed by atoms with E-state index in [0.717, 1.165) is 22.2 Å². The first-order chi connectivity index (χ1) is 17.8. The van der Waals surface area contributed by atoms with Crippen LogP contribution >= 0.6 is 0 Å². The number of hydrogen-bond acceptors (Lipinski definition) is 5. The lowest BCUT2D eigenvalue weighted by Gasteiger charge is -2.43. The molecule has 2 heterocycles. The molecule has 1 aliphatic rings. The monoisotopic (exact) mass is 521 g/mol. The maximum atomic E-state index is 14.5. The number of halogens is 3. The molecule has 0 radical (unpaired) electrons. The van der Waals surface area contributed by atoms with Crippen molar-refractivity contribution in [3.8, 4) is 0 Å². The number of H-pyrrole nitrogens is 1. The molecule has 1 aliphatic heterocycles. The number of rotatable bonds is 13. The van der Waals surface area contributed by atoms with Crippen LogP contribution in [-0.4, -0.2) is 86.4 Å². The van der Waals surface area contributed by atoms with Gasteiger partial charge < -0.3 is 25.5 Å². The zero-order valence-electron chi connectivity index (χ0n) is 21.8. The van der Waals surface area contributed by atoms with Gasteiger partial charge in [0.15, 0.2) is 0 Å². The van der Waals surface area contributed by atoms with E-state index < -0.39 is 25.1 Å². The minimum atomic E-state index is -3.28. The molecule has 204 valence electrons. The molecule has 0 saturated heterocycles. The van der Waals surface area contributed by atoms with Crippen molar-refractivity contribution >= 4 is 16.7 Å². The van der Waals surface area contributed by atoms with Crippen molar-refractivity contribution in [2.75, 3.05) is 53.6 Å². The van der Waals surface area contributed by atoms with Crippen molar-refractivity contribution in [2.45, 2.75) is 37.8 Å². The van der Waals surface area contributed by atoms with Crippen LogP contribution in [0.1, 0.15) is 30.6 Å². The molecular weight excluding hydrogens is 483 g/mol. The van der Waals surface area contributed by atoms with Gasteiger partial charge in [0.05, 0.1) is 26.4 Å². The lowest BCUT2D eigenvalue weighted by Crippen LogP contribution is -2.49. The van der Waals surface area contributed by atoms with Crippen LogP contribution in [0.4, 0.5) is 13.2 Å². The van der Waals surface area contributed by atoms with E-state index in [4.69, 9.17) is 4.74 Å². The third-order valence-corrected chi connectivity index (χ3v) is 6.63. The number of benzene rings is 1. The van der Waals surface area contributed by atoms with Crippen LogP contribution in [-0.2, 0) is 11.2 Å². The fourth-order valence-electron chi connectivity index (χ4n) is 4.78. The summed E-state index contributed by atoms with van der Waals surface area (Å²) in [7, 11) is 3.14. The Morgan fingerprint density at radius 2 is 2.08 bits per heavy atom. The zero-order valence-corrected chi connectivity index (χ0v) is 21.8. The summed E-state index contributed by atoms with van der Waals surface area (Å²) in [5.41, 5.74) is 3.28. The lowest BCUT2D eigenvalue weighted by atomic mass is 9.87. The molecule has 7 nitrogen and oxygen atoms in total. The van der Waals surface area contributed by atoms with Gasteiger partial charge in [-0.15, -0.1) is 0 Å². The minimum absolute atomic E-state index is 0.239. The molecule has 0 saturated carbocycles. The Labute approximate surface area is 216 Å². The summed E-state index contributed by atoms with van der Waals surface area (Å²) in [5.74, 6) is -2.34. The van der Waals surface area contributed by atoms with Crippen molar-refractivity contribution < 1.29 is 23.0 Å². The van der Waals surface area contributed by atoms with Gasteiger partial charge in [-0.3, -0.25) is 14.3 Å². The maximum Gasteiger partial charge on any atom is 0.283 e. The van der Waals surface area contributed by atoms with Crippen LogP contribution in [0.15, 0.2) is 53.2 Å². The molecule has 1 aromatic carbocycles. The Hall–Kier alpha value is -2.82. The predicted octanol–water partition coefficient (Wildman–Crippen LogP) is 3.74. The van der Waals surface area contributed by atoms with E-state index in [2.05, 4.69) is 27.2 Å². The first kappa shape index (κ1) is 28.7. The molecule has 2 aromatic rings. The second-order valence-electron chi connectivity index (χ2n) is 9.27. The number of aromatic amines is 1. The number of fused-ring (bicyclic) bond motifs is 3. The van der Waals surface area contributed by atoms with E-state index in [0.29, 0.717) is 49.6 Å². The van der Waals surface area contributed by atoms with Gasteiger partial charge in [-0.2, -0.15) is 0 Å². The zero-order chi connectivity index (χ0) is 27.0. The third kappa shape index (κ3) is 6.94. The summed E-state index contributed by atoms with van der Waals surface area (Å²) in [4.78, 5) is 9.38. The number of methoxy groups -OCH3 is 1. The number of alkyl halides is 3. The van der Waals surface area contributed by atoms with Gasteiger partial charge in [-0.1, -0.05) is 24.8 Å². The molecule has 37 heavy (non-hydrogen) atoms. The average Bonchev–Trinajstić information content (AvgIpc) is 3.25. The number of para-hydroxylation sites is 1. The SMILES string of the molecule is C=C(/C(=C\C(=N/C)NCCNCCCF)OC)[C@@H]1c2[nH]c3ccccc3c2C[C@@H](C)N1CC(F)(F)CO. The Balaban J connectivity index is 1.93. The largest absolute Gasteiger partial charge is 0.496 e. The highest BCUT2D eigenvalue weighted by Gasteiger charge is 2.42. The molecule has 0 aliphatic carbocycles. The normalized spacial score (nSPS) is 19.2. The van der Waals surface area contributed by atoms with Crippen LogP contribution in [0, 0.1) is 0 Å². The van der Waals surface area contributed by atoms with Crippen LogP contribution in [0.3, 0.4) is 0 Å². The van der Waals surface area contributed by atoms with E-state index >= 15 is 0 Å². The van der Waals surface area contributed by atoms with Crippen LogP contribution in [0.25, 0.3) is 10.9 Å². The van der Waals surface area contributed by atoms with Gasteiger partial charge in [-0.05, 0) is 37.9 Å². The summed E-state index contributed by atoms with van der Waals surface area (Å²) in [6, 6.07) is 7.01. The second kappa shape index (κ2) is 13.1. The Bertz CT molecular complexity index is 1110. The van der Waals surface area contributed by atoms with Crippen molar-refractivity contribution in [1.29, 1.82) is 0 Å². The summed E-state index contributed by atoms with van der Waals surface area (Å²) in [6.07, 6.45) is 2.74. The molecule has 10 heteroatoms. The van der Waals surface area contributed by atoms with E-state index in [1.165, 1.54) is 7.11 Å². The first-order valence-electron chi connectivity index (χ1n) is 12.5. The fourth-order valence-corrected chi connectivity index (χ4v) is 4.78. The van der Waals surface area contributed by atoms with Crippen molar-refractivity contribution in [2.24, 2.45) is 4.99 Å². The highest BCUT2D eigenvalue weighted by molar-refractivity contribution is 5.94. The van der Waals surface area contributed by atoms with Gasteiger partial charge in [0, 0.05) is 54.4 Å². The van der Waals surface area contributed by atoms with Crippen molar-refractivity contribution in [3.05, 3.63) is 59.5 Å². The number of aliphatic hydroxyl groups excluding tert-OH is 1. The number of nitrogens with zero attached hydrogens (tertiary/aromatic N) is 2. The molecular formula is C27H38F3N5O2. The predicted molar refractivity (Wildman–Crippen MR) is 142 cm³/mol. The summed E-state index contributed by atoms with van der Waals surface area (Å²) in [5, 5.41) is 16.7. The molecule has 0 amide bonds. The Kier molecular flexibility index (Phi) is 10.2. The molecule has 0 bridgehead atoms. The summed E-state index contributed by atoms with van der Waals surface area (Å²) in [6.45, 7) is 5.74. The van der Waals surface area contributed by atoms with Gasteiger partial charge in [0.1, 0.15) is 18.2 Å². The molecule has 0 spiro atoms. The molecule has 0 unspecified atom stereocenters. The Morgan fingerprint density at radius 3 is 2.76 bits per heavy atom. The van der Waals surface area contributed by atoms with E-state index in [1.54, 1.807) is 18.0 Å². The van der Waals surface area contributed by atoms with Gasteiger partial charge in [0.25, 0.3) is 5.92 Å². The number of ether oxygens (including phenoxy) is 1. The number of aromatic nitrogens is 1. The molecule has 0 fully saturated rings. The number of nitrogens with one attached hydrogen (secondary N) is 3. The number of aliphatic imine (C=N–C) groups is 1. The summed E-state index contributed by atoms with van der Waals surface area (Å²) < 4.78 is 46.9. The third-order valence-electron chi connectivity index (χ3n) is 6.63. The van der Waals surface area contributed by atoms with E-state index in [-0.39, 0.29) is 12.7 Å². The lowest BCUT2D eigenvalue weighted by molar-refractivity contribution is -0.0869. The van der Waals surface area contributed by atoms with Crippen molar-refractivity contribution in [1.82, 2.24) is 20.5 Å². The van der Waals surface area contributed by atoms with Gasteiger partial charge in [0.2, 0.25) is 0 Å². The molecule has 2 atom stereocenters. The van der Waals surface area contributed by atoms with Crippen LogP contribution in [0.2, 0.25) is 0 Å². The van der Waals surface area contributed by atoms with E-state index in [1.807, 2.05) is 31.2 Å². The molecule has 4 N–H and O–H groups in total. The standard InChI is InChI=1S/C27H38F3N5O2/c1-18-14-21-20-8-5-6-9-22(20)34-25(21)26(35(18)16-27(29,30)17-36)19(2)23(37-4)15-24(31-3)33-13-12-32-11-7-10-28/h5-6,8-9,15,18,26,32,34,36H,2,7,10-14,16-17H2,1,3-4H3,(H,31,33)/b23-15+/t18-,26-/m1/s1. The Morgan fingerprint density at radius 1 is 1.32 bits per heavy atom. The van der Waals surface area contributed by atoms with Crippen molar-refractivity contribution in [3.63, 3.8) is 0 Å². The highest BCUT2D eigenvalue weighted by atomic mass is 19.3. The van der Waals surface area contributed by atoms with Crippen LogP contribution in [0.5, 0.6) is 0 Å². The van der Waals surface area contributed by atoms with Gasteiger partial charge in [-0.25, -0.2) is 8.78 Å². The summed E-state index contributed by atoms with van der Waals surface area (Å²) >= 11 is 0. The molecule has 3 rings (SSSR count). The quantitative estimate of drug-likeness (QED) is 0.106. The smallest absolute Gasteiger partial charge is 0.283 e. The number of aliphatic hydroxyl groups is 1. The second-order valence-corrected chi connectivity index (χ2v) is 9.27. The van der Waals surface area contributed by atoms with Crippen LogP contribution < -0.4 is 10.6 Å². The van der Waals surface area contributed by atoms with Gasteiger partial charge >= 0.3 is 0 Å². The maximum absolute atomic E-state index is 14.5. The molecule has 1 aromatic heterocycles. The van der Waals surface area contributed by atoms with E-state index in [9.17, 15) is 18.3 Å². The first-order valence-corrected chi connectivity index (χ1v) is 12.5. The number of hydrogen-bond donors (Lipinski definition) is 4. The average molecular weight is 522 g/mol. The number of amidine groups is 1. The topological polar surface area (TPSA) is 84.9 Å². The fraction of sp³-hybridized carbons (Fsp3) is 0.519. The highest BCUT2D eigenvalue weighted by Crippen LogP contribution is 2.43.